The number of benzene rings is 1. The van der Waals surface area contributed by atoms with E-state index >= 15 is 0 Å². The number of hydrogen-bond donors (Lipinski definition) is 0. The molecular weight excluding hydrogens is 226 g/mol. The van der Waals surface area contributed by atoms with Gasteiger partial charge in [-0.1, -0.05) is 0 Å². The molecule has 0 heterocycles. The number of carbonyl (C=O) groups excluding carboxylic acids is 1. The molecule has 0 amide bonds. The van der Waals surface area contributed by atoms with Gasteiger partial charge in [0.1, 0.15) is 11.5 Å². The first-order valence-electron chi connectivity index (χ1n) is 4.59. The Balaban J connectivity index is 3.24. The SMILES string of the molecule is COc1cc(CN=C=O)c(OC)c(SC)c1. The molecule has 4 nitrogen and oxygen atoms in total. The summed E-state index contributed by atoms with van der Waals surface area (Å²) in [6, 6.07) is 3.69. The molecule has 0 aliphatic heterocycles. The van der Waals surface area contributed by atoms with Crippen LogP contribution in [0, 0.1) is 0 Å². The highest BCUT2D eigenvalue weighted by molar-refractivity contribution is 7.98. The maximum absolute atomic E-state index is 10.1. The fraction of sp³-hybridized carbons (Fsp3) is 0.364. The van der Waals surface area contributed by atoms with Gasteiger partial charge in [-0.15, -0.1) is 11.8 Å². The van der Waals surface area contributed by atoms with Gasteiger partial charge in [0.25, 0.3) is 0 Å². The fourth-order valence-corrected chi connectivity index (χ4v) is 2.00. The number of aliphatic imine (C=N–C) groups is 1. The monoisotopic (exact) mass is 239 g/mol. The van der Waals surface area contributed by atoms with Crippen LogP contribution in [0.4, 0.5) is 0 Å². The molecule has 0 saturated heterocycles. The van der Waals surface area contributed by atoms with E-state index in [1.807, 2.05) is 12.3 Å². The Hall–Kier alpha value is -1.45. The first-order chi connectivity index (χ1) is 7.76. The Morgan fingerprint density at radius 2 is 2.12 bits per heavy atom. The molecule has 5 heteroatoms. The first kappa shape index (κ1) is 12.6. The second-order valence-corrected chi connectivity index (χ2v) is 3.78. The van der Waals surface area contributed by atoms with Crippen molar-refractivity contribution in [1.29, 1.82) is 0 Å². The second kappa shape index (κ2) is 6.20. The number of hydrogen-bond acceptors (Lipinski definition) is 5. The molecule has 0 saturated carbocycles. The smallest absolute Gasteiger partial charge is 0.235 e. The van der Waals surface area contributed by atoms with E-state index in [2.05, 4.69) is 4.99 Å². The number of isocyanates is 1. The summed E-state index contributed by atoms with van der Waals surface area (Å²) in [5, 5.41) is 0. The van der Waals surface area contributed by atoms with E-state index in [0.717, 1.165) is 22.0 Å². The zero-order valence-electron chi connectivity index (χ0n) is 9.44. The third-order valence-electron chi connectivity index (χ3n) is 2.08. The van der Waals surface area contributed by atoms with Crippen molar-refractivity contribution in [2.75, 3.05) is 20.5 Å². The maximum Gasteiger partial charge on any atom is 0.235 e. The minimum atomic E-state index is 0.247. The normalized spacial score (nSPS) is 9.44. The van der Waals surface area contributed by atoms with Crippen LogP contribution in [0.3, 0.4) is 0 Å². The average molecular weight is 239 g/mol. The molecular formula is C11H13NO3S. The van der Waals surface area contributed by atoms with Crippen molar-refractivity contribution in [3.05, 3.63) is 17.7 Å². The lowest BCUT2D eigenvalue weighted by Crippen LogP contribution is -1.95. The summed E-state index contributed by atoms with van der Waals surface area (Å²) in [5.74, 6) is 1.45. The molecule has 0 N–H and O–H groups in total. The maximum atomic E-state index is 10.1. The van der Waals surface area contributed by atoms with Crippen molar-refractivity contribution in [3.8, 4) is 11.5 Å². The van der Waals surface area contributed by atoms with Gasteiger partial charge in [0.2, 0.25) is 6.08 Å². The summed E-state index contributed by atoms with van der Waals surface area (Å²) in [7, 11) is 3.19. The summed E-state index contributed by atoms with van der Waals surface area (Å²) < 4.78 is 10.5. The van der Waals surface area contributed by atoms with Gasteiger partial charge in [-0.3, -0.25) is 0 Å². The van der Waals surface area contributed by atoms with E-state index in [9.17, 15) is 4.79 Å². The van der Waals surface area contributed by atoms with Gasteiger partial charge in [-0.25, -0.2) is 9.79 Å². The van der Waals surface area contributed by atoms with Crippen LogP contribution in [0.1, 0.15) is 5.56 Å². The van der Waals surface area contributed by atoms with Crippen LogP contribution in [-0.2, 0) is 11.3 Å². The molecule has 16 heavy (non-hydrogen) atoms. The Morgan fingerprint density at radius 1 is 1.38 bits per heavy atom. The van der Waals surface area contributed by atoms with Crippen molar-refractivity contribution in [2.24, 2.45) is 4.99 Å². The number of thioether (sulfide) groups is 1. The highest BCUT2D eigenvalue weighted by atomic mass is 32.2. The molecule has 1 rings (SSSR count). The summed E-state index contributed by atoms with van der Waals surface area (Å²) in [5.41, 5.74) is 0.814. The summed E-state index contributed by atoms with van der Waals surface area (Å²) in [6.45, 7) is 0.247. The van der Waals surface area contributed by atoms with E-state index < -0.39 is 0 Å². The van der Waals surface area contributed by atoms with Crippen LogP contribution in [0.25, 0.3) is 0 Å². The van der Waals surface area contributed by atoms with Crippen molar-refractivity contribution in [3.63, 3.8) is 0 Å². The average Bonchev–Trinajstić information content (AvgIpc) is 2.34. The minimum absolute atomic E-state index is 0.247. The summed E-state index contributed by atoms with van der Waals surface area (Å²) >= 11 is 1.55. The highest BCUT2D eigenvalue weighted by Crippen LogP contribution is 2.35. The van der Waals surface area contributed by atoms with Gasteiger partial charge >= 0.3 is 0 Å². The lowest BCUT2D eigenvalue weighted by Gasteiger charge is -2.12. The van der Waals surface area contributed by atoms with Crippen LogP contribution >= 0.6 is 11.8 Å². The van der Waals surface area contributed by atoms with Crippen molar-refractivity contribution in [1.82, 2.24) is 0 Å². The quantitative estimate of drug-likeness (QED) is 0.449. The molecule has 1 aromatic carbocycles. The van der Waals surface area contributed by atoms with Gasteiger partial charge in [-0.05, 0) is 18.4 Å². The molecule has 0 aliphatic carbocycles. The second-order valence-electron chi connectivity index (χ2n) is 2.93. The number of nitrogens with zero attached hydrogens (tertiary/aromatic N) is 1. The van der Waals surface area contributed by atoms with Crippen LogP contribution in [0.2, 0.25) is 0 Å². The first-order valence-corrected chi connectivity index (χ1v) is 5.81. The highest BCUT2D eigenvalue weighted by Gasteiger charge is 2.11. The summed E-state index contributed by atoms with van der Waals surface area (Å²) in [4.78, 5) is 14.6. The lowest BCUT2D eigenvalue weighted by atomic mass is 10.2. The molecule has 1 aromatic rings. The fourth-order valence-electron chi connectivity index (χ4n) is 1.37. The number of rotatable bonds is 5. The third kappa shape index (κ3) is 2.78. The largest absolute Gasteiger partial charge is 0.497 e. The molecule has 0 spiro atoms. The Morgan fingerprint density at radius 3 is 2.62 bits per heavy atom. The van der Waals surface area contributed by atoms with E-state index in [1.54, 1.807) is 32.0 Å². The van der Waals surface area contributed by atoms with E-state index in [1.165, 1.54) is 6.08 Å². The number of methoxy groups -OCH3 is 2. The lowest BCUT2D eigenvalue weighted by molar-refractivity contribution is 0.389. The standard InChI is InChI=1S/C11H13NO3S/c1-14-9-4-8(6-12-7-13)11(15-2)10(5-9)16-3/h4-5H,6H2,1-3H3. The third-order valence-corrected chi connectivity index (χ3v) is 2.82. The molecule has 0 atom stereocenters. The predicted octanol–water partition coefficient (Wildman–Crippen LogP) is 2.26. The zero-order chi connectivity index (χ0) is 12.0. The molecule has 0 unspecified atom stereocenters. The van der Waals surface area contributed by atoms with Crippen LogP contribution in [0.15, 0.2) is 22.0 Å². The Kier molecular flexibility index (Phi) is 4.89. The zero-order valence-corrected chi connectivity index (χ0v) is 10.3. The van der Waals surface area contributed by atoms with Gasteiger partial charge in [0.05, 0.1) is 25.7 Å². The van der Waals surface area contributed by atoms with Crippen molar-refractivity contribution in [2.45, 2.75) is 11.4 Å². The molecule has 0 aliphatic rings. The Labute approximate surface area is 98.7 Å². The van der Waals surface area contributed by atoms with Gasteiger partial charge in [0.15, 0.2) is 0 Å². The molecule has 0 aromatic heterocycles. The topological polar surface area (TPSA) is 47.9 Å². The predicted molar refractivity (Wildman–Crippen MR) is 63.2 cm³/mol. The van der Waals surface area contributed by atoms with Gasteiger partial charge < -0.3 is 9.47 Å². The summed E-state index contributed by atoms with van der Waals surface area (Å²) in [6.07, 6.45) is 3.46. The molecule has 86 valence electrons. The van der Waals surface area contributed by atoms with E-state index in [4.69, 9.17) is 9.47 Å². The van der Waals surface area contributed by atoms with Crippen molar-refractivity contribution < 1.29 is 14.3 Å². The van der Waals surface area contributed by atoms with E-state index in [0.29, 0.717) is 0 Å². The van der Waals surface area contributed by atoms with Gasteiger partial charge in [-0.2, -0.15) is 0 Å². The van der Waals surface area contributed by atoms with Gasteiger partial charge in [0, 0.05) is 5.56 Å². The van der Waals surface area contributed by atoms with Crippen LogP contribution in [-0.4, -0.2) is 26.6 Å². The van der Waals surface area contributed by atoms with E-state index in [-0.39, 0.29) is 6.54 Å². The molecule has 0 radical (unpaired) electrons. The van der Waals surface area contributed by atoms with Crippen LogP contribution in [0.5, 0.6) is 11.5 Å². The van der Waals surface area contributed by atoms with Crippen molar-refractivity contribution >= 4 is 17.8 Å². The molecule has 0 fully saturated rings. The van der Waals surface area contributed by atoms with Crippen LogP contribution < -0.4 is 9.47 Å². The molecule has 0 bridgehead atoms. The minimum Gasteiger partial charge on any atom is -0.497 e. The Bertz CT molecular complexity index is 414. The number of ether oxygens (including phenoxy) is 2.